The van der Waals surface area contributed by atoms with Crippen molar-refractivity contribution in [1.29, 1.82) is 0 Å². The van der Waals surface area contributed by atoms with Gasteiger partial charge in [0.2, 0.25) is 0 Å². The number of hydrogen-bond acceptors (Lipinski definition) is 1. The summed E-state index contributed by atoms with van der Waals surface area (Å²) in [7, 11) is 1.16. The number of alkyl halides is 3. The van der Waals surface area contributed by atoms with E-state index in [1.807, 2.05) is 0 Å². The lowest BCUT2D eigenvalue weighted by molar-refractivity contribution is -0.214. The molecule has 0 radical (unpaired) electrons. The van der Waals surface area contributed by atoms with Crippen molar-refractivity contribution < 1.29 is 17.9 Å². The van der Waals surface area contributed by atoms with E-state index in [1.165, 1.54) is 57.8 Å². The minimum atomic E-state index is -4.21. The maximum atomic E-state index is 12.6. The molecule has 0 N–H and O–H groups in total. The number of rotatable bonds is 6. The molecule has 0 spiro atoms. The first-order valence-electron chi connectivity index (χ1n) is 9.10. The molecule has 2 saturated carbocycles. The van der Waals surface area contributed by atoms with Crippen LogP contribution in [0.25, 0.3) is 0 Å². The Bertz CT molecular complexity index is 302. The molecule has 1 nitrogen and oxygen atoms in total. The van der Waals surface area contributed by atoms with Crippen LogP contribution in [0.4, 0.5) is 13.2 Å². The number of halogens is 3. The van der Waals surface area contributed by atoms with E-state index in [2.05, 4.69) is 4.74 Å². The summed E-state index contributed by atoms with van der Waals surface area (Å²) in [6, 6.07) is 0. The maximum Gasteiger partial charge on any atom is 0.414 e. The first-order chi connectivity index (χ1) is 10.5. The monoisotopic (exact) mass is 320 g/mol. The van der Waals surface area contributed by atoms with Crippen LogP contribution in [0.5, 0.6) is 0 Å². The van der Waals surface area contributed by atoms with Crippen LogP contribution in [0.1, 0.15) is 77.0 Å². The van der Waals surface area contributed by atoms with Gasteiger partial charge in [0.25, 0.3) is 0 Å². The normalized spacial score (nSPS) is 29.5. The van der Waals surface area contributed by atoms with Gasteiger partial charge in [-0.05, 0) is 37.0 Å². The highest BCUT2D eigenvalue weighted by molar-refractivity contribution is 4.80. The van der Waals surface area contributed by atoms with Gasteiger partial charge in [-0.2, -0.15) is 13.2 Å². The van der Waals surface area contributed by atoms with Gasteiger partial charge >= 0.3 is 6.18 Å². The molecule has 2 aliphatic rings. The Balaban J connectivity index is 1.63. The second-order valence-corrected chi connectivity index (χ2v) is 7.38. The molecule has 130 valence electrons. The van der Waals surface area contributed by atoms with Gasteiger partial charge in [0.1, 0.15) is 0 Å². The van der Waals surface area contributed by atoms with Crippen LogP contribution in [-0.4, -0.2) is 19.4 Å². The van der Waals surface area contributed by atoms with Crippen molar-refractivity contribution in [3.05, 3.63) is 0 Å². The molecule has 2 fully saturated rings. The van der Waals surface area contributed by atoms with Crippen LogP contribution in [-0.2, 0) is 4.74 Å². The van der Waals surface area contributed by atoms with E-state index >= 15 is 0 Å². The molecule has 0 aromatic rings. The molecule has 0 bridgehead atoms. The zero-order valence-corrected chi connectivity index (χ0v) is 13.8. The molecule has 0 heterocycles. The van der Waals surface area contributed by atoms with Crippen LogP contribution < -0.4 is 0 Å². The summed E-state index contributed by atoms with van der Waals surface area (Å²) < 4.78 is 42.4. The van der Waals surface area contributed by atoms with Crippen LogP contribution in [0.2, 0.25) is 0 Å². The highest BCUT2D eigenvalue weighted by Crippen LogP contribution is 2.41. The van der Waals surface area contributed by atoms with E-state index in [0.29, 0.717) is 12.3 Å². The fraction of sp³-hybridized carbons (Fsp3) is 1.00. The molecular weight excluding hydrogens is 289 g/mol. The standard InChI is InChI=1S/C18H31F3O/c1-22-17(18(19,20)21)9-5-6-14-10-12-16(13-11-14)15-7-3-2-4-8-15/h14-17H,2-13H2,1H3. The topological polar surface area (TPSA) is 9.23 Å². The molecule has 2 aliphatic carbocycles. The quantitative estimate of drug-likeness (QED) is 0.573. The summed E-state index contributed by atoms with van der Waals surface area (Å²) in [6.07, 6.45) is 8.01. The summed E-state index contributed by atoms with van der Waals surface area (Å²) in [5.74, 6) is 2.49. The largest absolute Gasteiger partial charge is 0.414 e. The van der Waals surface area contributed by atoms with Crippen molar-refractivity contribution in [2.45, 2.75) is 89.3 Å². The van der Waals surface area contributed by atoms with Crippen molar-refractivity contribution in [3.8, 4) is 0 Å². The summed E-state index contributed by atoms with van der Waals surface area (Å²) in [6.45, 7) is 0. The molecule has 0 aliphatic heterocycles. The SMILES string of the molecule is COC(CCCC1CCC(C2CCCCC2)CC1)C(F)(F)F. The molecule has 0 saturated heterocycles. The lowest BCUT2D eigenvalue weighted by Crippen LogP contribution is -2.30. The lowest BCUT2D eigenvalue weighted by atomic mass is 9.70. The second-order valence-electron chi connectivity index (χ2n) is 7.38. The van der Waals surface area contributed by atoms with Crippen LogP contribution >= 0.6 is 0 Å². The van der Waals surface area contributed by atoms with Crippen molar-refractivity contribution in [3.63, 3.8) is 0 Å². The fourth-order valence-electron chi connectivity index (χ4n) is 4.56. The van der Waals surface area contributed by atoms with Crippen molar-refractivity contribution in [2.75, 3.05) is 7.11 Å². The molecule has 22 heavy (non-hydrogen) atoms. The minimum Gasteiger partial charge on any atom is -0.372 e. The van der Waals surface area contributed by atoms with E-state index < -0.39 is 12.3 Å². The summed E-state index contributed by atoms with van der Waals surface area (Å²) in [4.78, 5) is 0. The first-order valence-corrected chi connectivity index (χ1v) is 9.10. The molecule has 0 amide bonds. The van der Waals surface area contributed by atoms with Gasteiger partial charge in [0, 0.05) is 7.11 Å². The van der Waals surface area contributed by atoms with E-state index in [1.54, 1.807) is 0 Å². The van der Waals surface area contributed by atoms with Gasteiger partial charge < -0.3 is 4.74 Å². The predicted molar refractivity (Wildman–Crippen MR) is 82.7 cm³/mol. The van der Waals surface area contributed by atoms with E-state index in [0.717, 1.165) is 25.4 Å². The zero-order valence-electron chi connectivity index (χ0n) is 13.8. The zero-order chi connectivity index (χ0) is 16.0. The molecule has 1 atom stereocenters. The Morgan fingerprint density at radius 1 is 0.909 bits per heavy atom. The van der Waals surface area contributed by atoms with Gasteiger partial charge in [-0.15, -0.1) is 0 Å². The lowest BCUT2D eigenvalue weighted by Gasteiger charge is -2.36. The van der Waals surface area contributed by atoms with Crippen LogP contribution in [0, 0.1) is 17.8 Å². The van der Waals surface area contributed by atoms with Crippen LogP contribution in [0.3, 0.4) is 0 Å². The number of hydrogen-bond donors (Lipinski definition) is 0. The first kappa shape index (κ1) is 18.1. The van der Waals surface area contributed by atoms with Gasteiger partial charge in [0.15, 0.2) is 6.10 Å². The van der Waals surface area contributed by atoms with Crippen molar-refractivity contribution in [1.82, 2.24) is 0 Å². The molecule has 1 unspecified atom stereocenters. The second kappa shape index (κ2) is 8.56. The van der Waals surface area contributed by atoms with E-state index in [-0.39, 0.29) is 6.42 Å². The molecular formula is C18H31F3O. The Kier molecular flexibility index (Phi) is 7.04. The third-order valence-corrected chi connectivity index (χ3v) is 5.94. The summed E-state index contributed by atoms with van der Waals surface area (Å²) in [5.41, 5.74) is 0. The molecule has 0 aromatic carbocycles. The van der Waals surface area contributed by atoms with Gasteiger partial charge in [-0.25, -0.2) is 0 Å². The van der Waals surface area contributed by atoms with Crippen LogP contribution in [0.15, 0.2) is 0 Å². The van der Waals surface area contributed by atoms with Gasteiger partial charge in [-0.3, -0.25) is 0 Å². The summed E-state index contributed by atoms with van der Waals surface area (Å²) in [5, 5.41) is 0. The molecule has 2 rings (SSSR count). The average molecular weight is 320 g/mol. The number of ether oxygens (including phenoxy) is 1. The third kappa shape index (κ3) is 5.43. The molecule has 0 aromatic heterocycles. The third-order valence-electron chi connectivity index (χ3n) is 5.94. The Labute approximate surface area is 133 Å². The highest BCUT2D eigenvalue weighted by Gasteiger charge is 2.39. The minimum absolute atomic E-state index is 0.114. The Morgan fingerprint density at radius 2 is 1.50 bits per heavy atom. The summed E-state index contributed by atoms with van der Waals surface area (Å²) >= 11 is 0. The molecule has 4 heteroatoms. The highest BCUT2D eigenvalue weighted by atomic mass is 19.4. The fourth-order valence-corrected chi connectivity index (χ4v) is 4.56. The Hall–Kier alpha value is -0.250. The Morgan fingerprint density at radius 3 is 2.05 bits per heavy atom. The average Bonchev–Trinajstić information content (AvgIpc) is 2.52. The number of methoxy groups -OCH3 is 1. The van der Waals surface area contributed by atoms with Gasteiger partial charge in [-0.1, -0.05) is 57.8 Å². The van der Waals surface area contributed by atoms with Gasteiger partial charge in [0.05, 0.1) is 0 Å². The maximum absolute atomic E-state index is 12.6. The smallest absolute Gasteiger partial charge is 0.372 e. The van der Waals surface area contributed by atoms with E-state index in [9.17, 15) is 13.2 Å². The van der Waals surface area contributed by atoms with Crippen molar-refractivity contribution >= 4 is 0 Å². The van der Waals surface area contributed by atoms with E-state index in [4.69, 9.17) is 0 Å². The predicted octanol–water partition coefficient (Wildman–Crippen LogP) is 6.12. The van der Waals surface area contributed by atoms with Crippen molar-refractivity contribution in [2.24, 2.45) is 17.8 Å².